The van der Waals surface area contributed by atoms with Crippen molar-refractivity contribution in [1.29, 1.82) is 0 Å². The first kappa shape index (κ1) is 23.6. The molecule has 1 amide bonds. The maximum absolute atomic E-state index is 13.7. The van der Waals surface area contributed by atoms with Gasteiger partial charge in [-0.25, -0.2) is 4.79 Å². The molecular formula is C27H20BrNO7. The van der Waals surface area contributed by atoms with Crippen molar-refractivity contribution in [2.75, 3.05) is 18.6 Å². The summed E-state index contributed by atoms with van der Waals surface area (Å²) in [4.78, 5) is 40.9. The third kappa shape index (κ3) is 3.72. The largest absolute Gasteiger partial charge is 0.503 e. The first-order chi connectivity index (χ1) is 17.3. The van der Waals surface area contributed by atoms with Gasteiger partial charge in [-0.2, -0.15) is 0 Å². The molecule has 0 saturated heterocycles. The molecule has 0 spiro atoms. The fourth-order valence-corrected chi connectivity index (χ4v) is 4.84. The molecule has 3 aromatic carbocycles. The number of para-hydroxylation sites is 1. The summed E-state index contributed by atoms with van der Waals surface area (Å²) in [6.45, 7) is 1.95. The van der Waals surface area contributed by atoms with Gasteiger partial charge in [0, 0.05) is 5.69 Å². The maximum atomic E-state index is 13.7. The van der Waals surface area contributed by atoms with Crippen LogP contribution in [0, 0.1) is 0 Å². The molecule has 0 bridgehead atoms. The molecule has 1 atom stereocenters. The van der Waals surface area contributed by atoms with Crippen LogP contribution in [0.5, 0.6) is 11.5 Å². The number of esters is 1. The minimum Gasteiger partial charge on any atom is -0.503 e. The molecule has 5 rings (SSSR count). The van der Waals surface area contributed by atoms with Crippen LogP contribution in [0.1, 0.15) is 45.0 Å². The molecule has 182 valence electrons. The van der Waals surface area contributed by atoms with Crippen molar-refractivity contribution in [3.63, 3.8) is 0 Å². The van der Waals surface area contributed by atoms with Crippen LogP contribution in [-0.2, 0) is 4.74 Å². The van der Waals surface area contributed by atoms with E-state index in [2.05, 4.69) is 15.9 Å². The highest BCUT2D eigenvalue weighted by atomic mass is 79.9. The van der Waals surface area contributed by atoms with Crippen molar-refractivity contribution in [3.8, 4) is 11.5 Å². The highest BCUT2D eigenvalue weighted by Crippen LogP contribution is 2.45. The molecule has 0 radical (unpaired) electrons. The van der Waals surface area contributed by atoms with Gasteiger partial charge in [0.15, 0.2) is 16.9 Å². The van der Waals surface area contributed by atoms with E-state index in [0.717, 1.165) is 0 Å². The van der Waals surface area contributed by atoms with E-state index in [9.17, 15) is 19.5 Å². The Morgan fingerprint density at radius 3 is 2.53 bits per heavy atom. The normalized spacial score (nSPS) is 14.7. The van der Waals surface area contributed by atoms with Crippen LogP contribution >= 0.6 is 15.9 Å². The molecule has 0 aliphatic carbocycles. The fourth-order valence-electron chi connectivity index (χ4n) is 4.38. The summed E-state index contributed by atoms with van der Waals surface area (Å²) in [6, 6.07) is 15.4. The number of aromatic hydroxyl groups is 1. The van der Waals surface area contributed by atoms with Gasteiger partial charge in [-0.15, -0.1) is 0 Å². The van der Waals surface area contributed by atoms with E-state index < -0.39 is 17.9 Å². The van der Waals surface area contributed by atoms with Gasteiger partial charge in [0.2, 0.25) is 5.76 Å². The highest BCUT2D eigenvalue weighted by Gasteiger charge is 2.44. The van der Waals surface area contributed by atoms with Gasteiger partial charge in [0.05, 0.1) is 40.7 Å². The molecule has 1 aliphatic heterocycles. The zero-order valence-corrected chi connectivity index (χ0v) is 20.9. The smallest absolute Gasteiger partial charge is 0.338 e. The molecule has 36 heavy (non-hydrogen) atoms. The van der Waals surface area contributed by atoms with E-state index in [1.807, 2.05) is 0 Å². The van der Waals surface area contributed by atoms with Gasteiger partial charge in [-0.05, 0) is 76.9 Å². The standard InChI is InChI=1S/C27H20BrNO7/c1-3-35-27(33)14-8-10-16(11-9-14)29-22(15-12-18(28)24(31)20(13-15)34-2)21-23(30)17-6-4-5-7-19(17)36-25(21)26(29)32/h4-13,22,31H,3H2,1-2H3. The summed E-state index contributed by atoms with van der Waals surface area (Å²) in [6.07, 6.45) is 0. The quantitative estimate of drug-likeness (QED) is 0.341. The third-order valence-electron chi connectivity index (χ3n) is 6.02. The molecule has 1 aromatic heterocycles. The lowest BCUT2D eigenvalue weighted by molar-refractivity contribution is 0.0526. The van der Waals surface area contributed by atoms with Crippen LogP contribution in [0.15, 0.2) is 74.3 Å². The van der Waals surface area contributed by atoms with Gasteiger partial charge in [0.25, 0.3) is 5.91 Å². The minimum atomic E-state index is -0.882. The molecule has 9 heteroatoms. The number of nitrogens with zero attached hydrogens (tertiary/aromatic N) is 1. The first-order valence-electron chi connectivity index (χ1n) is 11.1. The number of rotatable bonds is 5. The number of fused-ring (bicyclic) bond motifs is 2. The number of carbonyl (C=O) groups excluding carboxylic acids is 2. The molecule has 1 N–H and O–H groups in total. The lowest BCUT2D eigenvalue weighted by atomic mass is 9.97. The topological polar surface area (TPSA) is 106 Å². The monoisotopic (exact) mass is 549 g/mol. The second-order valence-corrected chi connectivity index (χ2v) is 8.92. The first-order valence-corrected chi connectivity index (χ1v) is 11.9. The van der Waals surface area contributed by atoms with Gasteiger partial charge >= 0.3 is 5.97 Å². The Hall–Kier alpha value is -4.11. The molecule has 1 aliphatic rings. The zero-order valence-electron chi connectivity index (χ0n) is 19.3. The number of benzene rings is 3. The van der Waals surface area contributed by atoms with Crippen molar-refractivity contribution in [1.82, 2.24) is 0 Å². The van der Waals surface area contributed by atoms with Gasteiger partial charge < -0.3 is 19.0 Å². The Balaban J connectivity index is 1.74. The summed E-state index contributed by atoms with van der Waals surface area (Å²) < 4.78 is 16.6. The van der Waals surface area contributed by atoms with Crippen LogP contribution in [0.4, 0.5) is 5.69 Å². The summed E-state index contributed by atoms with van der Waals surface area (Å²) in [5, 5.41) is 10.7. The van der Waals surface area contributed by atoms with Gasteiger partial charge in [-0.3, -0.25) is 14.5 Å². The number of anilines is 1. The number of carbonyl (C=O) groups is 2. The summed E-state index contributed by atoms with van der Waals surface area (Å²) >= 11 is 3.33. The number of hydrogen-bond donors (Lipinski definition) is 1. The minimum absolute atomic E-state index is 0.0682. The van der Waals surface area contributed by atoms with E-state index >= 15 is 0 Å². The Morgan fingerprint density at radius 2 is 1.83 bits per heavy atom. The number of amides is 1. The molecule has 4 aromatic rings. The summed E-state index contributed by atoms with van der Waals surface area (Å²) in [5.41, 5.74) is 1.43. The van der Waals surface area contributed by atoms with Crippen LogP contribution in [-0.4, -0.2) is 30.7 Å². The predicted molar refractivity (Wildman–Crippen MR) is 136 cm³/mol. The van der Waals surface area contributed by atoms with Crippen LogP contribution in [0.3, 0.4) is 0 Å². The van der Waals surface area contributed by atoms with E-state index in [-0.39, 0.29) is 34.9 Å². The van der Waals surface area contributed by atoms with E-state index in [0.29, 0.717) is 32.3 Å². The molecule has 1 unspecified atom stereocenters. The average molecular weight is 550 g/mol. The summed E-state index contributed by atoms with van der Waals surface area (Å²) in [5.74, 6) is -0.997. The highest BCUT2D eigenvalue weighted by molar-refractivity contribution is 9.10. The Bertz CT molecular complexity index is 1580. The lowest BCUT2D eigenvalue weighted by Crippen LogP contribution is -2.29. The molecule has 8 nitrogen and oxygen atoms in total. The molecule has 0 fully saturated rings. The molecular weight excluding hydrogens is 530 g/mol. The predicted octanol–water partition coefficient (Wildman–Crippen LogP) is 5.20. The number of phenolic OH excluding ortho intramolecular Hbond substituents is 1. The third-order valence-corrected chi connectivity index (χ3v) is 6.63. The molecule has 0 saturated carbocycles. The Morgan fingerprint density at radius 1 is 1.11 bits per heavy atom. The van der Waals surface area contributed by atoms with Crippen molar-refractivity contribution in [2.24, 2.45) is 0 Å². The number of phenols is 1. The fraction of sp³-hybridized carbons (Fsp3) is 0.148. The Labute approximate surface area is 213 Å². The second-order valence-electron chi connectivity index (χ2n) is 8.07. The van der Waals surface area contributed by atoms with Crippen molar-refractivity contribution >= 4 is 44.5 Å². The number of hydrogen-bond acceptors (Lipinski definition) is 7. The van der Waals surface area contributed by atoms with Gasteiger partial charge in [0.1, 0.15) is 5.58 Å². The van der Waals surface area contributed by atoms with E-state index in [4.69, 9.17) is 13.9 Å². The van der Waals surface area contributed by atoms with Crippen LogP contribution in [0.25, 0.3) is 11.0 Å². The summed E-state index contributed by atoms with van der Waals surface area (Å²) in [7, 11) is 1.41. The number of ether oxygens (including phenoxy) is 2. The van der Waals surface area contributed by atoms with E-state index in [1.165, 1.54) is 12.0 Å². The van der Waals surface area contributed by atoms with Crippen LogP contribution in [0.2, 0.25) is 0 Å². The molecule has 2 heterocycles. The second kappa shape index (κ2) is 9.16. The zero-order chi connectivity index (χ0) is 25.6. The van der Waals surface area contributed by atoms with Gasteiger partial charge in [-0.1, -0.05) is 12.1 Å². The Kier molecular flexibility index (Phi) is 6.01. The number of methoxy groups -OCH3 is 1. The van der Waals surface area contributed by atoms with Crippen LogP contribution < -0.4 is 15.1 Å². The lowest BCUT2D eigenvalue weighted by Gasteiger charge is -2.26. The van der Waals surface area contributed by atoms with Crippen molar-refractivity contribution in [3.05, 3.63) is 97.8 Å². The van der Waals surface area contributed by atoms with Crippen molar-refractivity contribution < 1.29 is 28.6 Å². The SMILES string of the molecule is CCOC(=O)c1ccc(N2C(=O)c3oc4ccccc4c(=O)c3C2c2cc(Br)c(O)c(OC)c2)cc1. The maximum Gasteiger partial charge on any atom is 0.338 e. The van der Waals surface area contributed by atoms with Crippen molar-refractivity contribution in [2.45, 2.75) is 13.0 Å². The van der Waals surface area contributed by atoms with E-state index in [1.54, 1.807) is 67.6 Å². The average Bonchev–Trinajstić information content (AvgIpc) is 3.18. The number of halogens is 1.